The highest BCUT2D eigenvalue weighted by atomic mass is 16.6. The lowest BCUT2D eigenvalue weighted by Crippen LogP contribution is -2.45. The van der Waals surface area contributed by atoms with E-state index in [0.717, 1.165) is 11.1 Å². The van der Waals surface area contributed by atoms with Gasteiger partial charge in [-0.05, 0) is 31.9 Å². The van der Waals surface area contributed by atoms with E-state index >= 15 is 0 Å². The fraction of sp³-hybridized carbons (Fsp3) is 0.500. The van der Waals surface area contributed by atoms with Gasteiger partial charge in [-0.1, -0.05) is 24.3 Å². The van der Waals surface area contributed by atoms with Crippen LogP contribution in [0.1, 0.15) is 31.9 Å². The van der Waals surface area contributed by atoms with E-state index in [1.54, 1.807) is 45.0 Å². The Balaban J connectivity index is 2.75. The van der Waals surface area contributed by atoms with E-state index in [2.05, 4.69) is 5.32 Å². The normalized spacial score (nSPS) is 12.4. The van der Waals surface area contributed by atoms with Gasteiger partial charge in [0.15, 0.2) is 0 Å². The number of rotatable bonds is 5. The molecular weight excluding hydrogens is 286 g/mol. The van der Waals surface area contributed by atoms with E-state index in [1.807, 2.05) is 0 Å². The van der Waals surface area contributed by atoms with E-state index in [1.165, 1.54) is 7.11 Å². The molecule has 1 amide bonds. The van der Waals surface area contributed by atoms with Crippen LogP contribution in [-0.4, -0.2) is 35.9 Å². The monoisotopic (exact) mass is 309 g/mol. The third kappa shape index (κ3) is 6.13. The van der Waals surface area contributed by atoms with Gasteiger partial charge in [0.25, 0.3) is 0 Å². The molecule has 0 spiro atoms. The van der Waals surface area contributed by atoms with Crippen LogP contribution in [-0.2, 0) is 27.3 Å². The maximum Gasteiger partial charge on any atom is 0.408 e. The van der Waals surface area contributed by atoms with Crippen LogP contribution in [0.3, 0.4) is 0 Å². The highest BCUT2D eigenvalue weighted by Crippen LogP contribution is 2.10. The number of ether oxygens (including phenoxy) is 2. The largest absolute Gasteiger partial charge is 0.467 e. The van der Waals surface area contributed by atoms with Crippen LogP contribution in [0.5, 0.6) is 0 Å². The third-order valence-electron chi connectivity index (χ3n) is 2.82. The van der Waals surface area contributed by atoms with Crippen molar-refractivity contribution in [1.82, 2.24) is 5.32 Å². The summed E-state index contributed by atoms with van der Waals surface area (Å²) in [7, 11) is 1.26. The molecule has 0 aliphatic rings. The van der Waals surface area contributed by atoms with Crippen LogP contribution in [0, 0.1) is 0 Å². The molecule has 0 heterocycles. The van der Waals surface area contributed by atoms with Crippen molar-refractivity contribution in [2.75, 3.05) is 7.11 Å². The van der Waals surface area contributed by atoms with E-state index in [-0.39, 0.29) is 13.0 Å². The van der Waals surface area contributed by atoms with Crippen molar-refractivity contribution in [2.24, 2.45) is 0 Å². The summed E-state index contributed by atoms with van der Waals surface area (Å²) < 4.78 is 9.86. The molecule has 6 heteroatoms. The zero-order valence-electron chi connectivity index (χ0n) is 13.4. The number of carbonyl (C=O) groups is 2. The van der Waals surface area contributed by atoms with Gasteiger partial charge in [0.2, 0.25) is 0 Å². The Morgan fingerprint density at radius 2 is 1.73 bits per heavy atom. The summed E-state index contributed by atoms with van der Waals surface area (Å²) in [6, 6.07) is 6.27. The zero-order valence-corrected chi connectivity index (χ0v) is 13.4. The Kier molecular flexibility index (Phi) is 6.37. The molecule has 2 N–H and O–H groups in total. The lowest BCUT2D eigenvalue weighted by Gasteiger charge is -2.22. The van der Waals surface area contributed by atoms with Crippen LogP contribution in [0.25, 0.3) is 0 Å². The quantitative estimate of drug-likeness (QED) is 0.810. The summed E-state index contributed by atoms with van der Waals surface area (Å²) in [6.07, 6.45) is -0.396. The standard InChI is InChI=1S/C16H23NO5/c1-16(2,3)22-15(20)17-13(14(19)21-4)9-11-5-7-12(10-18)8-6-11/h5-8,13,18H,9-10H2,1-4H3,(H,17,20)/t13-/m0/s1. The van der Waals surface area contributed by atoms with Crippen molar-refractivity contribution < 1.29 is 24.2 Å². The second kappa shape index (κ2) is 7.79. The molecule has 0 aliphatic heterocycles. The molecule has 1 aromatic rings. The molecule has 22 heavy (non-hydrogen) atoms. The van der Waals surface area contributed by atoms with Gasteiger partial charge in [0.05, 0.1) is 13.7 Å². The summed E-state index contributed by atoms with van der Waals surface area (Å²) >= 11 is 0. The van der Waals surface area contributed by atoms with Crippen LogP contribution in [0.15, 0.2) is 24.3 Å². The van der Waals surface area contributed by atoms with Crippen molar-refractivity contribution in [3.8, 4) is 0 Å². The molecule has 122 valence electrons. The molecule has 0 bridgehead atoms. The maximum atomic E-state index is 11.8. The number of benzene rings is 1. The van der Waals surface area contributed by atoms with E-state index in [9.17, 15) is 9.59 Å². The SMILES string of the molecule is COC(=O)[C@H](Cc1ccc(CO)cc1)NC(=O)OC(C)(C)C. The molecule has 0 aliphatic carbocycles. The first-order valence-electron chi connectivity index (χ1n) is 7.01. The molecule has 6 nitrogen and oxygen atoms in total. The lowest BCUT2D eigenvalue weighted by atomic mass is 10.0. The fourth-order valence-corrected chi connectivity index (χ4v) is 1.80. The van der Waals surface area contributed by atoms with Gasteiger partial charge < -0.3 is 19.9 Å². The maximum absolute atomic E-state index is 11.8. The number of amides is 1. The second-order valence-electron chi connectivity index (χ2n) is 5.90. The number of hydrogen-bond donors (Lipinski definition) is 2. The number of aliphatic hydroxyl groups excluding tert-OH is 1. The summed E-state index contributed by atoms with van der Waals surface area (Å²) in [5, 5.41) is 11.5. The van der Waals surface area contributed by atoms with Crippen LogP contribution < -0.4 is 5.32 Å². The third-order valence-corrected chi connectivity index (χ3v) is 2.82. The lowest BCUT2D eigenvalue weighted by molar-refractivity contribution is -0.143. The highest BCUT2D eigenvalue weighted by Gasteiger charge is 2.25. The van der Waals surface area contributed by atoms with Gasteiger partial charge in [0.1, 0.15) is 11.6 Å². The second-order valence-corrected chi connectivity index (χ2v) is 5.90. The summed E-state index contributed by atoms with van der Waals surface area (Å²) in [5.41, 5.74) is 0.968. The predicted octanol–water partition coefficient (Wildman–Crippen LogP) is 1.79. The van der Waals surface area contributed by atoms with Gasteiger partial charge in [0, 0.05) is 6.42 Å². The van der Waals surface area contributed by atoms with Crippen molar-refractivity contribution in [1.29, 1.82) is 0 Å². The number of aliphatic hydroxyl groups is 1. The van der Waals surface area contributed by atoms with E-state index < -0.39 is 23.7 Å². The molecule has 1 atom stereocenters. The van der Waals surface area contributed by atoms with Gasteiger partial charge in [-0.2, -0.15) is 0 Å². The molecule has 0 saturated carbocycles. The molecule has 0 saturated heterocycles. The number of esters is 1. The molecule has 0 unspecified atom stereocenters. The van der Waals surface area contributed by atoms with Crippen molar-refractivity contribution in [3.05, 3.63) is 35.4 Å². The summed E-state index contributed by atoms with van der Waals surface area (Å²) in [6.45, 7) is 5.19. The first-order valence-corrected chi connectivity index (χ1v) is 7.01. The number of alkyl carbamates (subject to hydrolysis) is 1. The van der Waals surface area contributed by atoms with Crippen molar-refractivity contribution >= 4 is 12.1 Å². The first kappa shape index (κ1) is 18.0. The van der Waals surface area contributed by atoms with E-state index in [4.69, 9.17) is 14.6 Å². The number of hydrogen-bond acceptors (Lipinski definition) is 5. The average molecular weight is 309 g/mol. The topological polar surface area (TPSA) is 84.9 Å². The number of nitrogens with one attached hydrogen (secondary N) is 1. The average Bonchev–Trinajstić information content (AvgIpc) is 2.44. The van der Waals surface area contributed by atoms with E-state index in [0.29, 0.717) is 0 Å². The smallest absolute Gasteiger partial charge is 0.408 e. The van der Waals surface area contributed by atoms with Crippen molar-refractivity contribution in [3.63, 3.8) is 0 Å². The molecular formula is C16H23NO5. The van der Waals surface area contributed by atoms with Gasteiger partial charge in [-0.15, -0.1) is 0 Å². The van der Waals surface area contributed by atoms with Crippen molar-refractivity contribution in [2.45, 2.75) is 45.4 Å². The minimum atomic E-state index is -0.833. The molecule has 1 rings (SSSR count). The molecule has 0 radical (unpaired) electrons. The first-order chi connectivity index (χ1) is 10.2. The molecule has 0 fully saturated rings. The van der Waals surface area contributed by atoms with Gasteiger partial charge in [-0.3, -0.25) is 0 Å². The molecule has 0 aromatic heterocycles. The van der Waals surface area contributed by atoms with Gasteiger partial charge in [-0.25, -0.2) is 9.59 Å². The van der Waals surface area contributed by atoms with Gasteiger partial charge >= 0.3 is 12.1 Å². The minimum absolute atomic E-state index is 0.0448. The van der Waals surface area contributed by atoms with Crippen LogP contribution in [0.2, 0.25) is 0 Å². The Hall–Kier alpha value is -2.08. The Labute approximate surface area is 130 Å². The summed E-state index contributed by atoms with van der Waals surface area (Å²) in [4.78, 5) is 23.6. The number of methoxy groups -OCH3 is 1. The minimum Gasteiger partial charge on any atom is -0.467 e. The Bertz CT molecular complexity index is 504. The zero-order chi connectivity index (χ0) is 16.8. The fourth-order valence-electron chi connectivity index (χ4n) is 1.80. The summed E-state index contributed by atoms with van der Waals surface area (Å²) in [5.74, 6) is -0.544. The number of carbonyl (C=O) groups excluding carboxylic acids is 2. The van der Waals surface area contributed by atoms with Crippen LogP contribution >= 0.6 is 0 Å². The predicted molar refractivity (Wildman–Crippen MR) is 81.2 cm³/mol. The highest BCUT2D eigenvalue weighted by molar-refractivity contribution is 5.81. The molecule has 1 aromatic carbocycles. The Morgan fingerprint density at radius 1 is 1.18 bits per heavy atom. The Morgan fingerprint density at radius 3 is 2.18 bits per heavy atom. The van der Waals surface area contributed by atoms with Crippen LogP contribution in [0.4, 0.5) is 4.79 Å².